The number of nitrogens with zero attached hydrogens (tertiary/aromatic N) is 2. The number of halogens is 3. The largest absolute Gasteiger partial charge is 0.441 e. The van der Waals surface area contributed by atoms with Gasteiger partial charge in [-0.1, -0.05) is 20.8 Å². The number of rotatable bonds is 5. The van der Waals surface area contributed by atoms with Crippen molar-refractivity contribution >= 4 is 23.4 Å². The van der Waals surface area contributed by atoms with E-state index in [2.05, 4.69) is 20.7 Å². The smallest absolute Gasteiger partial charge is 0.369 e. The van der Waals surface area contributed by atoms with E-state index in [1.54, 1.807) is 6.92 Å². The summed E-state index contributed by atoms with van der Waals surface area (Å²) in [5, 5.41) is 2.91. The molecule has 0 fully saturated rings. The summed E-state index contributed by atoms with van der Waals surface area (Å²) in [7, 11) is 0. The molecule has 1 aromatic rings. The molecule has 1 heterocycles. The molecule has 1 rings (SSSR count). The maximum Gasteiger partial charge on any atom is 0.441 e. The number of alkyl halides is 3. The summed E-state index contributed by atoms with van der Waals surface area (Å²) in [4.78, 5) is 8.70. The van der Waals surface area contributed by atoms with Gasteiger partial charge in [-0.25, -0.2) is 15.8 Å². The molecule has 9 heteroatoms. The van der Waals surface area contributed by atoms with Crippen LogP contribution >= 0.6 is 11.8 Å². The lowest BCUT2D eigenvalue weighted by atomic mass is 9.95. The number of anilines is 2. The molecule has 5 nitrogen and oxygen atoms in total. The van der Waals surface area contributed by atoms with Crippen molar-refractivity contribution in [2.75, 3.05) is 23.0 Å². The zero-order chi connectivity index (χ0) is 16.3. The summed E-state index contributed by atoms with van der Waals surface area (Å²) in [6.45, 7) is 7.74. The first-order valence-electron chi connectivity index (χ1n) is 6.35. The minimum atomic E-state index is -4.22. The fraction of sp³-hybridized carbons (Fsp3) is 0.667. The van der Waals surface area contributed by atoms with Crippen LogP contribution in [0.3, 0.4) is 0 Å². The van der Waals surface area contributed by atoms with E-state index in [0.29, 0.717) is 23.0 Å². The normalized spacial score (nSPS) is 12.4. The molecule has 0 saturated heterocycles. The Labute approximate surface area is 126 Å². The minimum Gasteiger partial charge on any atom is -0.369 e. The summed E-state index contributed by atoms with van der Waals surface area (Å²) >= 11 is -0.0678. The van der Waals surface area contributed by atoms with Gasteiger partial charge in [0.05, 0.1) is 0 Å². The molecule has 0 saturated carbocycles. The van der Waals surface area contributed by atoms with E-state index in [9.17, 15) is 13.2 Å². The standard InChI is InChI=1S/C12H20F3N5S/c1-7-8(17-5-6-21-12(13,14)15)18-10(11(2,3)4)19-9(7)20-16/h5-6,16H2,1-4H3,(H2,17,18,19,20). The number of nitrogens with one attached hydrogen (secondary N) is 2. The summed E-state index contributed by atoms with van der Waals surface area (Å²) in [5.74, 6) is 6.84. The summed E-state index contributed by atoms with van der Waals surface area (Å²) < 4.78 is 36.2. The number of nitrogens with two attached hydrogens (primary N) is 1. The van der Waals surface area contributed by atoms with Gasteiger partial charge in [-0.15, -0.1) is 0 Å². The highest BCUT2D eigenvalue weighted by Gasteiger charge is 2.27. The van der Waals surface area contributed by atoms with Crippen LogP contribution in [0.5, 0.6) is 0 Å². The van der Waals surface area contributed by atoms with E-state index < -0.39 is 5.51 Å². The first kappa shape index (κ1) is 17.8. The molecule has 0 amide bonds. The van der Waals surface area contributed by atoms with E-state index in [0.717, 1.165) is 0 Å². The first-order valence-corrected chi connectivity index (χ1v) is 7.33. The van der Waals surface area contributed by atoms with Crippen molar-refractivity contribution in [1.82, 2.24) is 9.97 Å². The zero-order valence-corrected chi connectivity index (χ0v) is 13.2. The van der Waals surface area contributed by atoms with Gasteiger partial charge in [0.15, 0.2) is 0 Å². The Hall–Kier alpha value is -1.22. The Bertz CT molecular complexity index is 485. The van der Waals surface area contributed by atoms with Gasteiger partial charge in [-0.3, -0.25) is 0 Å². The van der Waals surface area contributed by atoms with Crippen LogP contribution in [0.4, 0.5) is 24.8 Å². The number of nitrogen functional groups attached to an aromatic ring is 1. The molecule has 4 N–H and O–H groups in total. The van der Waals surface area contributed by atoms with Gasteiger partial charge in [0.2, 0.25) is 0 Å². The van der Waals surface area contributed by atoms with Crippen molar-refractivity contribution in [2.45, 2.75) is 38.6 Å². The highest BCUT2D eigenvalue weighted by atomic mass is 32.2. The molecule has 0 aromatic carbocycles. The van der Waals surface area contributed by atoms with Gasteiger partial charge in [0.25, 0.3) is 0 Å². The molecule has 0 aliphatic heterocycles. The number of aromatic nitrogens is 2. The maximum absolute atomic E-state index is 12.1. The Balaban J connectivity index is 2.86. The maximum atomic E-state index is 12.1. The predicted molar refractivity (Wildman–Crippen MR) is 80.3 cm³/mol. The minimum absolute atomic E-state index is 0.0678. The van der Waals surface area contributed by atoms with Crippen LogP contribution in [-0.4, -0.2) is 27.8 Å². The molecule has 0 unspecified atom stereocenters. The van der Waals surface area contributed by atoms with Crippen LogP contribution in [0, 0.1) is 6.92 Å². The Morgan fingerprint density at radius 2 is 1.71 bits per heavy atom. The van der Waals surface area contributed by atoms with Gasteiger partial charge < -0.3 is 10.7 Å². The van der Waals surface area contributed by atoms with Crippen LogP contribution in [0.15, 0.2) is 0 Å². The van der Waals surface area contributed by atoms with E-state index in [1.807, 2.05) is 20.8 Å². The molecular formula is C12H20F3N5S. The van der Waals surface area contributed by atoms with Crippen LogP contribution in [0.2, 0.25) is 0 Å². The third kappa shape index (κ3) is 5.58. The first-order chi connectivity index (χ1) is 9.54. The van der Waals surface area contributed by atoms with Gasteiger partial charge in [-0.05, 0) is 18.7 Å². The molecule has 120 valence electrons. The fourth-order valence-corrected chi connectivity index (χ4v) is 1.94. The van der Waals surface area contributed by atoms with E-state index >= 15 is 0 Å². The molecule has 0 radical (unpaired) electrons. The SMILES string of the molecule is Cc1c(NN)nc(C(C)(C)C)nc1NCCSC(F)(F)F. The third-order valence-corrected chi connectivity index (χ3v) is 3.35. The molecule has 0 aliphatic carbocycles. The monoisotopic (exact) mass is 323 g/mol. The Morgan fingerprint density at radius 1 is 1.14 bits per heavy atom. The average molecular weight is 323 g/mol. The topological polar surface area (TPSA) is 75.9 Å². The van der Waals surface area contributed by atoms with Crippen molar-refractivity contribution in [1.29, 1.82) is 0 Å². The third-order valence-electron chi connectivity index (χ3n) is 2.61. The fourth-order valence-electron chi connectivity index (χ4n) is 1.50. The van der Waals surface area contributed by atoms with Crippen LogP contribution in [-0.2, 0) is 5.41 Å². The predicted octanol–water partition coefficient (Wildman–Crippen LogP) is 3.03. The van der Waals surface area contributed by atoms with E-state index in [-0.39, 0.29) is 29.5 Å². The second-order valence-corrected chi connectivity index (χ2v) is 6.64. The quantitative estimate of drug-likeness (QED) is 0.439. The van der Waals surface area contributed by atoms with E-state index in [4.69, 9.17) is 5.84 Å². The van der Waals surface area contributed by atoms with Crippen molar-refractivity contribution < 1.29 is 13.2 Å². The van der Waals surface area contributed by atoms with E-state index in [1.165, 1.54) is 0 Å². The lowest BCUT2D eigenvalue weighted by Gasteiger charge is -2.20. The van der Waals surface area contributed by atoms with Gasteiger partial charge in [-0.2, -0.15) is 13.2 Å². The number of hydrazine groups is 1. The molecular weight excluding hydrogens is 303 g/mol. The molecule has 1 aromatic heterocycles. The van der Waals surface area contributed by atoms with Crippen molar-refractivity contribution in [3.05, 3.63) is 11.4 Å². The van der Waals surface area contributed by atoms with Crippen molar-refractivity contribution in [2.24, 2.45) is 5.84 Å². The lowest BCUT2D eigenvalue weighted by molar-refractivity contribution is -0.0327. The molecule has 0 aliphatic rings. The Kier molecular flexibility index (Phi) is 5.68. The van der Waals surface area contributed by atoms with Crippen molar-refractivity contribution in [3.8, 4) is 0 Å². The lowest BCUT2D eigenvalue weighted by Crippen LogP contribution is -2.22. The molecule has 0 atom stereocenters. The van der Waals surface area contributed by atoms with Crippen LogP contribution in [0.25, 0.3) is 0 Å². The molecule has 0 bridgehead atoms. The van der Waals surface area contributed by atoms with Gasteiger partial charge in [0, 0.05) is 23.3 Å². The molecule has 21 heavy (non-hydrogen) atoms. The number of hydrogen-bond donors (Lipinski definition) is 3. The summed E-state index contributed by atoms with van der Waals surface area (Å²) in [6, 6.07) is 0. The molecule has 0 spiro atoms. The number of thioether (sulfide) groups is 1. The summed E-state index contributed by atoms with van der Waals surface area (Å²) in [6.07, 6.45) is 0. The van der Waals surface area contributed by atoms with Gasteiger partial charge in [0.1, 0.15) is 17.5 Å². The second kappa shape index (κ2) is 6.69. The highest BCUT2D eigenvalue weighted by Crippen LogP contribution is 2.30. The van der Waals surface area contributed by atoms with Crippen molar-refractivity contribution in [3.63, 3.8) is 0 Å². The summed E-state index contributed by atoms with van der Waals surface area (Å²) in [5.41, 5.74) is -1.36. The van der Waals surface area contributed by atoms with Crippen LogP contribution in [0.1, 0.15) is 32.2 Å². The highest BCUT2D eigenvalue weighted by molar-refractivity contribution is 8.00. The zero-order valence-electron chi connectivity index (χ0n) is 12.4. The Morgan fingerprint density at radius 3 is 2.19 bits per heavy atom. The van der Waals surface area contributed by atoms with Gasteiger partial charge >= 0.3 is 5.51 Å². The average Bonchev–Trinajstić information content (AvgIpc) is 2.33. The second-order valence-electron chi connectivity index (χ2n) is 5.48. The van der Waals surface area contributed by atoms with Crippen LogP contribution < -0.4 is 16.6 Å². The number of hydrogen-bond acceptors (Lipinski definition) is 6.